The van der Waals surface area contributed by atoms with Gasteiger partial charge in [0, 0.05) is 19.3 Å². The average Bonchev–Trinajstić information content (AvgIpc) is 2.97. The first-order chi connectivity index (χ1) is 9.83. The van der Waals surface area contributed by atoms with Crippen molar-refractivity contribution >= 4 is 6.09 Å². The molecule has 2 aromatic heterocycles. The maximum atomic E-state index is 11.9. The van der Waals surface area contributed by atoms with E-state index in [1.807, 2.05) is 18.2 Å². The van der Waals surface area contributed by atoms with Gasteiger partial charge >= 0.3 is 6.09 Å². The molecule has 1 fully saturated rings. The van der Waals surface area contributed by atoms with Gasteiger partial charge in [0.05, 0.1) is 25.1 Å². The minimum Gasteiger partial charge on any atom is -0.378 e. The van der Waals surface area contributed by atoms with Crippen molar-refractivity contribution in [3.05, 3.63) is 36.7 Å². The highest BCUT2D eigenvalue weighted by Crippen LogP contribution is 2.12. The Morgan fingerprint density at radius 2 is 2.05 bits per heavy atom. The summed E-state index contributed by atoms with van der Waals surface area (Å²) in [5, 5.41) is 4.17. The number of nitrogens with zero attached hydrogens (tertiary/aromatic N) is 4. The van der Waals surface area contributed by atoms with Crippen LogP contribution in [-0.2, 0) is 4.74 Å². The minimum atomic E-state index is -0.427. The fourth-order valence-corrected chi connectivity index (χ4v) is 1.89. The lowest BCUT2D eigenvalue weighted by Gasteiger charge is -2.25. The van der Waals surface area contributed by atoms with Crippen LogP contribution in [0.4, 0.5) is 4.79 Å². The molecule has 20 heavy (non-hydrogen) atoms. The van der Waals surface area contributed by atoms with Crippen LogP contribution >= 0.6 is 0 Å². The Morgan fingerprint density at radius 1 is 1.20 bits per heavy atom. The molecule has 104 valence electrons. The third kappa shape index (κ3) is 2.77. The van der Waals surface area contributed by atoms with Gasteiger partial charge in [0.25, 0.3) is 0 Å². The summed E-state index contributed by atoms with van der Waals surface area (Å²) < 4.78 is 5.18. The number of hydrogen-bond donors (Lipinski definition) is 0. The van der Waals surface area contributed by atoms with Gasteiger partial charge in [-0.25, -0.2) is 4.79 Å². The molecule has 1 saturated heterocycles. The molecule has 0 radical (unpaired) electrons. The summed E-state index contributed by atoms with van der Waals surface area (Å²) in [7, 11) is 0. The molecule has 0 unspecified atom stereocenters. The predicted octanol–water partition coefficient (Wildman–Crippen LogP) is 0.826. The van der Waals surface area contributed by atoms with Gasteiger partial charge in [-0.05, 0) is 18.2 Å². The van der Waals surface area contributed by atoms with Crippen molar-refractivity contribution in [3.63, 3.8) is 0 Å². The summed E-state index contributed by atoms with van der Waals surface area (Å²) in [5.74, 6) is 0. The van der Waals surface area contributed by atoms with Crippen LogP contribution in [0.3, 0.4) is 0 Å². The molecule has 7 heteroatoms. The molecular weight excluding hydrogens is 260 g/mol. The second-order valence-electron chi connectivity index (χ2n) is 4.28. The zero-order valence-corrected chi connectivity index (χ0v) is 10.8. The third-order valence-corrected chi connectivity index (χ3v) is 2.93. The van der Waals surface area contributed by atoms with Gasteiger partial charge in [0.15, 0.2) is 0 Å². The van der Waals surface area contributed by atoms with E-state index in [2.05, 4.69) is 10.1 Å². The highest BCUT2D eigenvalue weighted by molar-refractivity contribution is 5.68. The van der Waals surface area contributed by atoms with E-state index in [4.69, 9.17) is 9.57 Å². The van der Waals surface area contributed by atoms with Crippen molar-refractivity contribution in [1.82, 2.24) is 19.8 Å². The number of carbonyl (C=O) groups is 1. The van der Waals surface area contributed by atoms with E-state index < -0.39 is 6.09 Å². The number of amides is 1. The Morgan fingerprint density at radius 3 is 2.80 bits per heavy atom. The van der Waals surface area contributed by atoms with Crippen molar-refractivity contribution in [1.29, 1.82) is 0 Å². The molecule has 0 spiro atoms. The molecule has 0 atom stereocenters. The number of morpholine rings is 1. The lowest BCUT2D eigenvalue weighted by atomic mass is 10.3. The van der Waals surface area contributed by atoms with Gasteiger partial charge in [-0.1, -0.05) is 10.9 Å². The van der Waals surface area contributed by atoms with Crippen LogP contribution in [0.15, 0.2) is 36.7 Å². The molecule has 0 aromatic carbocycles. The fourth-order valence-electron chi connectivity index (χ4n) is 1.89. The van der Waals surface area contributed by atoms with Crippen LogP contribution in [-0.4, -0.2) is 52.2 Å². The third-order valence-electron chi connectivity index (χ3n) is 2.93. The Bertz CT molecular complexity index is 578. The lowest BCUT2D eigenvalue weighted by Crippen LogP contribution is -2.44. The van der Waals surface area contributed by atoms with Crippen LogP contribution < -0.4 is 4.84 Å². The normalized spacial score (nSPS) is 15.1. The molecular formula is C13H14N4O3. The first-order valence-electron chi connectivity index (χ1n) is 6.35. The number of ether oxygens (including phenoxy) is 1. The van der Waals surface area contributed by atoms with Crippen molar-refractivity contribution in [2.75, 3.05) is 26.3 Å². The van der Waals surface area contributed by atoms with Gasteiger partial charge in [-0.2, -0.15) is 0 Å². The van der Waals surface area contributed by atoms with Crippen LogP contribution in [0.1, 0.15) is 0 Å². The van der Waals surface area contributed by atoms with Gasteiger partial charge in [0.2, 0.25) is 0 Å². The zero-order chi connectivity index (χ0) is 13.8. The molecule has 0 N–H and O–H groups in total. The molecule has 3 rings (SSSR count). The fraction of sp³-hybridized carbons (Fsp3) is 0.308. The maximum absolute atomic E-state index is 11.9. The van der Waals surface area contributed by atoms with Crippen LogP contribution in [0.5, 0.6) is 0 Å². The summed E-state index contributed by atoms with van der Waals surface area (Å²) in [6.45, 7) is 2.14. The number of hydrogen-bond acceptors (Lipinski definition) is 5. The summed E-state index contributed by atoms with van der Waals surface area (Å²) >= 11 is 0. The summed E-state index contributed by atoms with van der Waals surface area (Å²) in [5.41, 5.74) is 1.38. The summed E-state index contributed by atoms with van der Waals surface area (Å²) in [6.07, 6.45) is 2.85. The monoisotopic (exact) mass is 274 g/mol. The molecule has 1 amide bonds. The van der Waals surface area contributed by atoms with Gasteiger partial charge < -0.3 is 9.64 Å². The number of rotatable bonds is 2. The zero-order valence-electron chi connectivity index (χ0n) is 10.8. The van der Waals surface area contributed by atoms with Crippen LogP contribution in [0, 0.1) is 0 Å². The minimum absolute atomic E-state index is 0.427. The SMILES string of the molecule is O=C(On1ccc(-c2ccccn2)n1)N1CCOCC1. The van der Waals surface area contributed by atoms with Crippen molar-refractivity contribution in [2.45, 2.75) is 0 Å². The average molecular weight is 274 g/mol. The predicted molar refractivity (Wildman–Crippen MR) is 69.8 cm³/mol. The molecule has 3 heterocycles. The molecule has 0 bridgehead atoms. The van der Waals surface area contributed by atoms with Gasteiger partial charge in [0.1, 0.15) is 5.69 Å². The summed E-state index contributed by atoms with van der Waals surface area (Å²) in [6, 6.07) is 7.30. The standard InChI is InChI=1S/C13H14N4O3/c18-13(16-7-9-19-10-8-16)20-17-6-4-12(15-17)11-3-1-2-5-14-11/h1-6H,7-10H2. The Balaban J connectivity index is 1.66. The first-order valence-corrected chi connectivity index (χ1v) is 6.35. The molecule has 7 nitrogen and oxygen atoms in total. The lowest BCUT2D eigenvalue weighted by molar-refractivity contribution is 0.0198. The maximum Gasteiger partial charge on any atom is 0.436 e. The molecule has 0 aliphatic carbocycles. The number of pyridine rings is 1. The van der Waals surface area contributed by atoms with E-state index in [9.17, 15) is 4.79 Å². The highest BCUT2D eigenvalue weighted by atomic mass is 16.7. The van der Waals surface area contributed by atoms with E-state index in [-0.39, 0.29) is 0 Å². The quantitative estimate of drug-likeness (QED) is 0.811. The topological polar surface area (TPSA) is 69.5 Å². The van der Waals surface area contributed by atoms with Crippen LogP contribution in [0.25, 0.3) is 11.4 Å². The first kappa shape index (κ1) is 12.6. The van der Waals surface area contributed by atoms with Gasteiger partial charge in [-0.15, -0.1) is 5.10 Å². The van der Waals surface area contributed by atoms with E-state index in [1.165, 1.54) is 0 Å². The Kier molecular flexibility index (Phi) is 3.60. The second-order valence-corrected chi connectivity index (χ2v) is 4.28. The molecule has 1 aliphatic heterocycles. The van der Waals surface area contributed by atoms with Crippen molar-refractivity contribution in [3.8, 4) is 11.4 Å². The number of aromatic nitrogens is 3. The van der Waals surface area contributed by atoms with E-state index in [1.54, 1.807) is 23.4 Å². The Hall–Kier alpha value is -2.41. The molecule has 0 saturated carbocycles. The van der Waals surface area contributed by atoms with E-state index in [0.717, 1.165) is 10.5 Å². The van der Waals surface area contributed by atoms with Gasteiger partial charge in [-0.3, -0.25) is 9.82 Å². The Labute approximate surface area is 115 Å². The van der Waals surface area contributed by atoms with E-state index >= 15 is 0 Å². The summed E-state index contributed by atoms with van der Waals surface area (Å²) in [4.78, 5) is 24.0. The molecule has 1 aliphatic rings. The number of carbonyl (C=O) groups excluding carboxylic acids is 1. The second kappa shape index (κ2) is 5.70. The highest BCUT2D eigenvalue weighted by Gasteiger charge is 2.19. The van der Waals surface area contributed by atoms with Crippen molar-refractivity contribution in [2.24, 2.45) is 0 Å². The van der Waals surface area contributed by atoms with Crippen molar-refractivity contribution < 1.29 is 14.4 Å². The smallest absolute Gasteiger partial charge is 0.378 e. The largest absolute Gasteiger partial charge is 0.436 e. The van der Waals surface area contributed by atoms with E-state index in [0.29, 0.717) is 32.0 Å². The van der Waals surface area contributed by atoms with Crippen LogP contribution in [0.2, 0.25) is 0 Å². The molecule has 2 aromatic rings.